The van der Waals surface area contributed by atoms with Crippen LogP contribution in [0.15, 0.2) is 42.6 Å². The van der Waals surface area contributed by atoms with E-state index in [0.717, 1.165) is 38.5 Å². The van der Waals surface area contributed by atoms with Crippen molar-refractivity contribution in [2.24, 2.45) is 0 Å². The zero-order chi connectivity index (χ0) is 19.1. The summed E-state index contributed by atoms with van der Waals surface area (Å²) >= 11 is 0. The molecule has 2 aromatic rings. The van der Waals surface area contributed by atoms with Gasteiger partial charge in [0, 0.05) is 49.2 Å². The van der Waals surface area contributed by atoms with E-state index < -0.39 is 0 Å². The molecule has 1 amide bonds. The Labute approximate surface area is 158 Å². The summed E-state index contributed by atoms with van der Waals surface area (Å²) < 4.78 is 5.32. The summed E-state index contributed by atoms with van der Waals surface area (Å²) in [5, 5.41) is 6.09. The van der Waals surface area contributed by atoms with E-state index in [2.05, 4.69) is 20.5 Å². The number of benzene rings is 1. The molecule has 1 saturated heterocycles. The second-order valence-electron chi connectivity index (χ2n) is 6.40. The molecule has 27 heavy (non-hydrogen) atoms. The molecule has 0 unspecified atom stereocenters. The zero-order valence-corrected chi connectivity index (χ0v) is 15.4. The van der Waals surface area contributed by atoms with E-state index in [-0.39, 0.29) is 11.7 Å². The summed E-state index contributed by atoms with van der Waals surface area (Å²) in [7, 11) is 0. The Morgan fingerprint density at radius 1 is 1.11 bits per heavy atom. The Balaban J connectivity index is 1.54. The molecule has 0 atom stereocenters. The van der Waals surface area contributed by atoms with E-state index in [9.17, 15) is 9.59 Å². The summed E-state index contributed by atoms with van der Waals surface area (Å²) in [5.74, 6) is 0.475. The highest BCUT2D eigenvalue weighted by molar-refractivity contribution is 5.95. The predicted octanol–water partition coefficient (Wildman–Crippen LogP) is 2.09. The summed E-state index contributed by atoms with van der Waals surface area (Å²) in [4.78, 5) is 30.2. The van der Waals surface area contributed by atoms with Gasteiger partial charge in [0.2, 0.25) is 0 Å². The molecule has 1 fully saturated rings. The number of rotatable bonds is 7. The van der Waals surface area contributed by atoms with Gasteiger partial charge in [-0.15, -0.1) is 0 Å². The van der Waals surface area contributed by atoms with Gasteiger partial charge in [0.25, 0.3) is 5.91 Å². The molecule has 0 aliphatic carbocycles. The fourth-order valence-electron chi connectivity index (χ4n) is 2.83. The van der Waals surface area contributed by atoms with Crippen molar-refractivity contribution in [1.29, 1.82) is 0 Å². The van der Waals surface area contributed by atoms with Crippen molar-refractivity contribution in [3.8, 4) is 0 Å². The van der Waals surface area contributed by atoms with Gasteiger partial charge in [0.1, 0.15) is 5.82 Å². The minimum atomic E-state index is -0.124. The molecule has 1 aromatic carbocycles. The van der Waals surface area contributed by atoms with Gasteiger partial charge in [-0.1, -0.05) is 0 Å². The average Bonchev–Trinajstić information content (AvgIpc) is 2.69. The lowest BCUT2D eigenvalue weighted by atomic mass is 10.1. The third kappa shape index (κ3) is 5.60. The molecule has 7 heteroatoms. The number of nitrogens with zero attached hydrogens (tertiary/aromatic N) is 2. The van der Waals surface area contributed by atoms with Crippen LogP contribution >= 0.6 is 0 Å². The molecule has 0 saturated carbocycles. The summed E-state index contributed by atoms with van der Waals surface area (Å²) in [5.41, 5.74) is 2.01. The maximum Gasteiger partial charge on any atom is 0.251 e. The minimum absolute atomic E-state index is 0.0235. The van der Waals surface area contributed by atoms with Gasteiger partial charge in [-0.25, -0.2) is 4.98 Å². The molecular weight excluding hydrogens is 344 g/mol. The highest BCUT2D eigenvalue weighted by atomic mass is 16.5. The summed E-state index contributed by atoms with van der Waals surface area (Å²) in [6.45, 7) is 6.25. The Bertz CT molecular complexity index is 786. The van der Waals surface area contributed by atoms with Crippen LogP contribution < -0.4 is 10.6 Å². The predicted molar refractivity (Wildman–Crippen MR) is 104 cm³/mol. The fourth-order valence-corrected chi connectivity index (χ4v) is 2.83. The van der Waals surface area contributed by atoms with E-state index in [1.807, 2.05) is 12.1 Å². The Hall–Kier alpha value is -2.77. The molecule has 142 valence electrons. The number of nitrogens with one attached hydrogen (secondary N) is 2. The van der Waals surface area contributed by atoms with E-state index in [4.69, 9.17) is 4.74 Å². The van der Waals surface area contributed by atoms with Crippen molar-refractivity contribution < 1.29 is 14.3 Å². The lowest BCUT2D eigenvalue weighted by Gasteiger charge is -2.26. The summed E-state index contributed by atoms with van der Waals surface area (Å²) in [6.07, 6.45) is 1.60. The fraction of sp³-hybridized carbons (Fsp3) is 0.350. The van der Waals surface area contributed by atoms with Crippen LogP contribution in [-0.4, -0.2) is 61.0 Å². The largest absolute Gasteiger partial charge is 0.379 e. The minimum Gasteiger partial charge on any atom is -0.379 e. The van der Waals surface area contributed by atoms with Crippen molar-refractivity contribution in [2.45, 2.75) is 6.92 Å². The maximum atomic E-state index is 12.4. The van der Waals surface area contributed by atoms with Crippen LogP contribution in [-0.2, 0) is 4.74 Å². The van der Waals surface area contributed by atoms with E-state index in [0.29, 0.717) is 23.5 Å². The summed E-state index contributed by atoms with van der Waals surface area (Å²) in [6, 6.07) is 10.5. The lowest BCUT2D eigenvalue weighted by molar-refractivity contribution is 0.0383. The smallest absolute Gasteiger partial charge is 0.251 e. The number of ketones is 1. The highest BCUT2D eigenvalue weighted by Gasteiger charge is 2.11. The molecule has 0 bridgehead atoms. The first-order valence-electron chi connectivity index (χ1n) is 9.04. The number of anilines is 2. The van der Waals surface area contributed by atoms with Crippen molar-refractivity contribution in [3.63, 3.8) is 0 Å². The molecular formula is C20H24N4O3. The molecule has 2 N–H and O–H groups in total. The maximum absolute atomic E-state index is 12.4. The van der Waals surface area contributed by atoms with Gasteiger partial charge in [-0.05, 0) is 43.3 Å². The Morgan fingerprint density at radius 3 is 2.56 bits per heavy atom. The Morgan fingerprint density at radius 2 is 1.85 bits per heavy atom. The second-order valence-corrected chi connectivity index (χ2v) is 6.40. The van der Waals surface area contributed by atoms with Crippen LogP contribution in [0.25, 0.3) is 0 Å². The zero-order valence-electron chi connectivity index (χ0n) is 15.4. The molecule has 7 nitrogen and oxygen atoms in total. The van der Waals surface area contributed by atoms with Crippen molar-refractivity contribution >= 4 is 23.2 Å². The van der Waals surface area contributed by atoms with Crippen LogP contribution in [0.1, 0.15) is 27.6 Å². The molecule has 3 rings (SSSR count). The number of ether oxygens (including phenoxy) is 1. The van der Waals surface area contributed by atoms with Crippen molar-refractivity contribution in [3.05, 3.63) is 53.7 Å². The van der Waals surface area contributed by atoms with E-state index in [1.165, 1.54) is 6.92 Å². The van der Waals surface area contributed by atoms with Gasteiger partial charge in [-0.2, -0.15) is 0 Å². The lowest BCUT2D eigenvalue weighted by Crippen LogP contribution is -2.41. The van der Waals surface area contributed by atoms with Gasteiger partial charge >= 0.3 is 0 Å². The van der Waals surface area contributed by atoms with Crippen LogP contribution in [0.2, 0.25) is 0 Å². The number of morpholine rings is 1. The molecule has 1 aliphatic heterocycles. The van der Waals surface area contributed by atoms with E-state index in [1.54, 1.807) is 30.5 Å². The van der Waals surface area contributed by atoms with Crippen molar-refractivity contribution in [2.75, 3.05) is 44.7 Å². The first kappa shape index (κ1) is 19.0. The average molecular weight is 368 g/mol. The monoisotopic (exact) mass is 368 g/mol. The number of carbonyl (C=O) groups is 2. The van der Waals surface area contributed by atoms with Gasteiger partial charge in [0.15, 0.2) is 5.78 Å². The topological polar surface area (TPSA) is 83.6 Å². The Kier molecular flexibility index (Phi) is 6.51. The molecule has 1 aromatic heterocycles. The van der Waals surface area contributed by atoms with Crippen LogP contribution in [0, 0.1) is 0 Å². The first-order chi connectivity index (χ1) is 13.1. The van der Waals surface area contributed by atoms with Crippen LogP contribution in [0.4, 0.5) is 11.5 Å². The number of carbonyl (C=O) groups excluding carboxylic acids is 2. The number of pyridine rings is 1. The van der Waals surface area contributed by atoms with Crippen molar-refractivity contribution in [1.82, 2.24) is 15.2 Å². The van der Waals surface area contributed by atoms with Gasteiger partial charge < -0.3 is 15.4 Å². The normalized spacial score (nSPS) is 14.6. The van der Waals surface area contributed by atoms with Gasteiger partial charge in [-0.3, -0.25) is 14.5 Å². The molecule has 0 spiro atoms. The standard InChI is InChI=1S/C20H24N4O3/c1-15(25)16-2-4-18(5-3-16)23-19-14-17(6-7-21-19)20(26)22-8-9-24-10-12-27-13-11-24/h2-7,14H,8-13H2,1H3,(H,21,23)(H,22,26). The molecule has 2 heterocycles. The number of aromatic nitrogens is 1. The van der Waals surface area contributed by atoms with Gasteiger partial charge in [0.05, 0.1) is 13.2 Å². The number of hydrogen-bond acceptors (Lipinski definition) is 6. The quantitative estimate of drug-likeness (QED) is 0.728. The van der Waals surface area contributed by atoms with E-state index >= 15 is 0 Å². The number of hydrogen-bond donors (Lipinski definition) is 2. The molecule has 0 radical (unpaired) electrons. The number of Topliss-reactive ketones (excluding diaryl/α,β-unsaturated/α-hetero) is 1. The van der Waals surface area contributed by atoms with Crippen LogP contribution in [0.5, 0.6) is 0 Å². The van der Waals surface area contributed by atoms with Crippen LogP contribution in [0.3, 0.4) is 0 Å². The second kappa shape index (κ2) is 9.25. The third-order valence-corrected chi connectivity index (χ3v) is 4.40. The first-order valence-corrected chi connectivity index (χ1v) is 9.04. The highest BCUT2D eigenvalue weighted by Crippen LogP contribution is 2.16. The third-order valence-electron chi connectivity index (χ3n) is 4.40. The number of amides is 1. The SMILES string of the molecule is CC(=O)c1ccc(Nc2cc(C(=O)NCCN3CCOCC3)ccn2)cc1. The molecule has 1 aliphatic rings.